The quantitative estimate of drug-likeness (QED) is 0.671. The van der Waals surface area contributed by atoms with Gasteiger partial charge in [0, 0.05) is 18.8 Å². The van der Waals surface area contributed by atoms with Crippen LogP contribution < -0.4 is 11.1 Å². The molecule has 92 valence electrons. The van der Waals surface area contributed by atoms with E-state index in [1.165, 1.54) is 0 Å². The van der Waals surface area contributed by atoms with Gasteiger partial charge in [-0.25, -0.2) is 4.98 Å². The number of oxazole rings is 1. The largest absolute Gasteiger partial charge is 0.423 e. The van der Waals surface area contributed by atoms with Gasteiger partial charge in [0.2, 0.25) is 0 Å². The van der Waals surface area contributed by atoms with E-state index in [0.29, 0.717) is 29.7 Å². The number of hydrogen-bond acceptors (Lipinski definition) is 6. The molecule has 0 aliphatic rings. The molecule has 7 heteroatoms. The van der Waals surface area contributed by atoms with Crippen LogP contribution in [0.25, 0.3) is 11.1 Å². The van der Waals surface area contributed by atoms with Crippen LogP contribution in [0.5, 0.6) is 0 Å². The summed E-state index contributed by atoms with van der Waals surface area (Å²) in [4.78, 5) is 8.38. The third-order valence-corrected chi connectivity index (χ3v) is 2.46. The number of anilines is 2. The zero-order chi connectivity index (χ0) is 12.5. The first-order chi connectivity index (χ1) is 8.70. The van der Waals surface area contributed by atoms with E-state index in [0.717, 1.165) is 5.52 Å². The van der Waals surface area contributed by atoms with Crippen LogP contribution in [0.15, 0.2) is 28.9 Å². The van der Waals surface area contributed by atoms with Crippen LogP contribution in [-0.2, 0) is 13.6 Å². The Kier molecular flexibility index (Phi) is 2.36. The molecule has 3 N–H and O–H groups in total. The summed E-state index contributed by atoms with van der Waals surface area (Å²) in [6.07, 6.45) is 1.64. The first kappa shape index (κ1) is 10.6. The second kappa shape index (κ2) is 4.02. The highest BCUT2D eigenvalue weighted by atomic mass is 16.4. The Morgan fingerprint density at radius 3 is 3.11 bits per heavy atom. The van der Waals surface area contributed by atoms with Crippen LogP contribution in [0.2, 0.25) is 0 Å². The van der Waals surface area contributed by atoms with Gasteiger partial charge >= 0.3 is 0 Å². The van der Waals surface area contributed by atoms with Gasteiger partial charge < -0.3 is 15.5 Å². The minimum Gasteiger partial charge on any atom is -0.423 e. The highest BCUT2D eigenvalue weighted by molar-refractivity contribution is 5.77. The van der Waals surface area contributed by atoms with Crippen molar-refractivity contribution in [1.82, 2.24) is 19.7 Å². The molecule has 2 heterocycles. The zero-order valence-electron chi connectivity index (χ0n) is 9.79. The molecule has 0 aliphatic carbocycles. The monoisotopic (exact) mass is 244 g/mol. The summed E-state index contributed by atoms with van der Waals surface area (Å²) < 4.78 is 7.16. The van der Waals surface area contributed by atoms with E-state index >= 15 is 0 Å². The number of hydrogen-bond donors (Lipinski definition) is 2. The van der Waals surface area contributed by atoms with Gasteiger partial charge in [-0.05, 0) is 12.1 Å². The molecule has 18 heavy (non-hydrogen) atoms. The Balaban J connectivity index is 1.78. The molecular weight excluding hydrogens is 232 g/mol. The van der Waals surface area contributed by atoms with Crippen molar-refractivity contribution in [3.05, 3.63) is 30.4 Å². The molecule has 0 aliphatic heterocycles. The summed E-state index contributed by atoms with van der Waals surface area (Å²) in [5.41, 5.74) is 7.74. The Labute approximate surface area is 103 Å². The normalized spacial score (nSPS) is 10.9. The molecule has 0 amide bonds. The lowest BCUT2D eigenvalue weighted by molar-refractivity contribution is 0.612. The van der Waals surface area contributed by atoms with E-state index in [9.17, 15) is 0 Å². The lowest BCUT2D eigenvalue weighted by atomic mass is 10.3. The lowest BCUT2D eigenvalue weighted by Crippen LogP contribution is -2.02. The van der Waals surface area contributed by atoms with Gasteiger partial charge in [0.1, 0.15) is 11.8 Å². The smallest absolute Gasteiger partial charge is 0.296 e. The molecule has 0 saturated carbocycles. The highest BCUT2D eigenvalue weighted by Crippen LogP contribution is 2.21. The van der Waals surface area contributed by atoms with Gasteiger partial charge in [0.25, 0.3) is 6.01 Å². The molecule has 1 aromatic carbocycles. The van der Waals surface area contributed by atoms with Gasteiger partial charge in [-0.15, -0.1) is 0 Å². The summed E-state index contributed by atoms with van der Waals surface area (Å²) in [5.74, 6) is 0.680. The Bertz CT molecular complexity index is 686. The fraction of sp³-hybridized carbons (Fsp3) is 0.182. The molecule has 0 atom stereocenters. The number of rotatable bonds is 3. The standard InChI is InChI=1S/C11H12N6O/c1-17-6-14-10(16-17)5-13-11-15-8-3-2-7(12)4-9(8)18-11/h2-4,6H,5,12H2,1H3,(H,13,15). The van der Waals surface area contributed by atoms with Crippen molar-refractivity contribution in [2.75, 3.05) is 11.1 Å². The van der Waals surface area contributed by atoms with E-state index in [4.69, 9.17) is 10.2 Å². The van der Waals surface area contributed by atoms with Gasteiger partial charge in [0.05, 0.1) is 6.54 Å². The second-order valence-corrected chi connectivity index (χ2v) is 3.93. The van der Waals surface area contributed by atoms with Crippen LogP contribution in [0.4, 0.5) is 11.7 Å². The number of nitrogens with one attached hydrogen (secondary N) is 1. The minimum atomic E-state index is 0.433. The van der Waals surface area contributed by atoms with Crippen molar-refractivity contribution < 1.29 is 4.42 Å². The Hall–Kier alpha value is -2.57. The van der Waals surface area contributed by atoms with E-state index < -0.39 is 0 Å². The number of fused-ring (bicyclic) bond motifs is 1. The number of aromatic nitrogens is 4. The molecule has 0 unspecified atom stereocenters. The van der Waals surface area contributed by atoms with Crippen LogP contribution in [0.3, 0.4) is 0 Å². The summed E-state index contributed by atoms with van der Waals surface area (Å²) in [5, 5.41) is 7.17. The molecule has 0 saturated heterocycles. The van der Waals surface area contributed by atoms with Crippen molar-refractivity contribution in [2.24, 2.45) is 7.05 Å². The molecule has 3 aromatic rings. The van der Waals surface area contributed by atoms with Gasteiger partial charge in [-0.1, -0.05) is 0 Å². The second-order valence-electron chi connectivity index (χ2n) is 3.93. The van der Waals surface area contributed by atoms with Gasteiger partial charge in [0.15, 0.2) is 11.4 Å². The molecular formula is C11H12N6O. The van der Waals surface area contributed by atoms with Gasteiger partial charge in [-0.2, -0.15) is 10.1 Å². The molecule has 0 spiro atoms. The molecule has 0 bridgehead atoms. The first-order valence-electron chi connectivity index (χ1n) is 5.45. The van der Waals surface area contributed by atoms with Crippen molar-refractivity contribution in [1.29, 1.82) is 0 Å². The highest BCUT2D eigenvalue weighted by Gasteiger charge is 2.06. The molecule has 0 radical (unpaired) electrons. The van der Waals surface area contributed by atoms with Crippen molar-refractivity contribution in [3.63, 3.8) is 0 Å². The van der Waals surface area contributed by atoms with Crippen LogP contribution in [0, 0.1) is 0 Å². The molecule has 0 fully saturated rings. The van der Waals surface area contributed by atoms with Crippen molar-refractivity contribution >= 4 is 22.8 Å². The third kappa shape index (κ3) is 1.97. The predicted octanol–water partition coefficient (Wildman–Crippen LogP) is 1.15. The molecule has 7 nitrogen and oxygen atoms in total. The SMILES string of the molecule is Cn1cnc(CNc2nc3ccc(N)cc3o2)n1. The summed E-state index contributed by atoms with van der Waals surface area (Å²) >= 11 is 0. The van der Waals surface area contributed by atoms with E-state index in [-0.39, 0.29) is 0 Å². The maximum absolute atomic E-state index is 5.67. The average Bonchev–Trinajstić information content (AvgIpc) is 2.92. The fourth-order valence-corrected chi connectivity index (χ4v) is 1.64. The summed E-state index contributed by atoms with van der Waals surface area (Å²) in [6.45, 7) is 0.461. The Morgan fingerprint density at radius 2 is 2.33 bits per heavy atom. The number of benzene rings is 1. The summed E-state index contributed by atoms with van der Waals surface area (Å²) in [6, 6.07) is 5.78. The van der Waals surface area contributed by atoms with Crippen molar-refractivity contribution in [3.8, 4) is 0 Å². The summed E-state index contributed by atoms with van der Waals surface area (Å²) in [7, 11) is 1.82. The zero-order valence-corrected chi connectivity index (χ0v) is 9.79. The average molecular weight is 244 g/mol. The van der Waals surface area contributed by atoms with Crippen LogP contribution >= 0.6 is 0 Å². The first-order valence-corrected chi connectivity index (χ1v) is 5.45. The number of nitrogens with zero attached hydrogens (tertiary/aromatic N) is 4. The minimum absolute atomic E-state index is 0.433. The number of nitrogen functional groups attached to an aromatic ring is 1. The van der Waals surface area contributed by atoms with Gasteiger partial charge in [-0.3, -0.25) is 4.68 Å². The van der Waals surface area contributed by atoms with Crippen LogP contribution in [-0.4, -0.2) is 19.7 Å². The van der Waals surface area contributed by atoms with Crippen LogP contribution in [0.1, 0.15) is 5.82 Å². The predicted molar refractivity (Wildman–Crippen MR) is 66.8 cm³/mol. The molecule has 3 rings (SSSR count). The Morgan fingerprint density at radius 1 is 1.44 bits per heavy atom. The third-order valence-electron chi connectivity index (χ3n) is 2.46. The van der Waals surface area contributed by atoms with E-state index in [2.05, 4.69) is 20.4 Å². The molecule has 2 aromatic heterocycles. The lowest BCUT2D eigenvalue weighted by Gasteiger charge is -1.95. The topological polar surface area (TPSA) is 94.8 Å². The maximum Gasteiger partial charge on any atom is 0.296 e. The number of aryl methyl sites for hydroxylation is 1. The van der Waals surface area contributed by atoms with E-state index in [1.807, 2.05) is 13.1 Å². The van der Waals surface area contributed by atoms with E-state index in [1.54, 1.807) is 23.1 Å². The fourth-order valence-electron chi connectivity index (χ4n) is 1.64. The number of nitrogens with two attached hydrogens (primary N) is 1. The van der Waals surface area contributed by atoms with Crippen molar-refractivity contribution in [2.45, 2.75) is 6.54 Å². The maximum atomic E-state index is 5.67.